The molecular formula is C14H11FN2O4. The predicted octanol–water partition coefficient (Wildman–Crippen LogP) is 2.75. The van der Waals surface area contributed by atoms with Gasteiger partial charge in [-0.05, 0) is 24.3 Å². The summed E-state index contributed by atoms with van der Waals surface area (Å²) in [5.74, 6) is -1.07. The van der Waals surface area contributed by atoms with E-state index in [1.165, 1.54) is 42.5 Å². The lowest BCUT2D eigenvalue weighted by atomic mass is 10.3. The highest BCUT2D eigenvalue weighted by atomic mass is 19.1. The Labute approximate surface area is 119 Å². The van der Waals surface area contributed by atoms with Gasteiger partial charge in [-0.3, -0.25) is 14.9 Å². The van der Waals surface area contributed by atoms with Crippen molar-refractivity contribution in [2.75, 3.05) is 11.9 Å². The molecule has 7 heteroatoms. The van der Waals surface area contributed by atoms with E-state index in [0.717, 1.165) is 0 Å². The molecule has 1 N–H and O–H groups in total. The Morgan fingerprint density at radius 1 is 1.19 bits per heavy atom. The number of non-ortho nitro benzene ring substituents is 1. The maximum atomic E-state index is 13.3. The quantitative estimate of drug-likeness (QED) is 0.678. The Morgan fingerprint density at radius 3 is 2.48 bits per heavy atom. The van der Waals surface area contributed by atoms with Crippen molar-refractivity contribution in [3.8, 4) is 5.75 Å². The Hall–Kier alpha value is -2.96. The number of nitro groups is 1. The van der Waals surface area contributed by atoms with Gasteiger partial charge < -0.3 is 10.1 Å². The number of anilines is 1. The molecule has 0 atom stereocenters. The van der Waals surface area contributed by atoms with Crippen molar-refractivity contribution in [2.45, 2.75) is 0 Å². The van der Waals surface area contributed by atoms with Crippen molar-refractivity contribution < 1.29 is 18.8 Å². The maximum Gasteiger partial charge on any atom is 0.269 e. The van der Waals surface area contributed by atoms with Crippen LogP contribution >= 0.6 is 0 Å². The first-order valence-corrected chi connectivity index (χ1v) is 5.98. The molecule has 2 aromatic carbocycles. The predicted molar refractivity (Wildman–Crippen MR) is 73.6 cm³/mol. The molecular weight excluding hydrogens is 279 g/mol. The van der Waals surface area contributed by atoms with E-state index >= 15 is 0 Å². The first-order chi connectivity index (χ1) is 10.1. The van der Waals surface area contributed by atoms with Gasteiger partial charge in [0, 0.05) is 17.8 Å². The minimum absolute atomic E-state index is 0.0173. The van der Waals surface area contributed by atoms with Gasteiger partial charge in [-0.2, -0.15) is 0 Å². The smallest absolute Gasteiger partial charge is 0.269 e. The largest absolute Gasteiger partial charge is 0.481 e. The zero-order valence-corrected chi connectivity index (χ0v) is 10.8. The highest BCUT2D eigenvalue weighted by Crippen LogP contribution is 2.17. The molecule has 0 saturated carbocycles. The molecule has 0 aliphatic carbocycles. The van der Waals surface area contributed by atoms with Crippen molar-refractivity contribution in [1.82, 2.24) is 0 Å². The lowest BCUT2D eigenvalue weighted by Crippen LogP contribution is -2.20. The molecule has 0 bridgehead atoms. The molecule has 0 heterocycles. The van der Waals surface area contributed by atoms with E-state index in [1.807, 2.05) is 0 Å². The van der Waals surface area contributed by atoms with E-state index in [2.05, 4.69) is 5.32 Å². The van der Waals surface area contributed by atoms with Gasteiger partial charge in [-0.15, -0.1) is 0 Å². The van der Waals surface area contributed by atoms with E-state index in [-0.39, 0.29) is 18.0 Å². The van der Waals surface area contributed by atoms with Gasteiger partial charge in [-0.25, -0.2) is 4.39 Å². The van der Waals surface area contributed by atoms with Gasteiger partial charge in [0.15, 0.2) is 18.2 Å². The number of halogens is 1. The molecule has 1 amide bonds. The highest BCUT2D eigenvalue weighted by Gasteiger charge is 2.08. The molecule has 0 radical (unpaired) electrons. The number of hydrogen-bond donors (Lipinski definition) is 1. The second kappa shape index (κ2) is 6.47. The van der Waals surface area contributed by atoms with Crippen LogP contribution in [0.5, 0.6) is 5.75 Å². The van der Waals surface area contributed by atoms with Gasteiger partial charge in [-0.1, -0.05) is 12.1 Å². The van der Waals surface area contributed by atoms with E-state index in [0.29, 0.717) is 5.69 Å². The number of nitrogens with zero attached hydrogens (tertiary/aromatic N) is 1. The first-order valence-electron chi connectivity index (χ1n) is 5.98. The molecule has 0 aliphatic rings. The van der Waals surface area contributed by atoms with Crippen molar-refractivity contribution >= 4 is 17.3 Å². The summed E-state index contributed by atoms with van der Waals surface area (Å²) in [5.41, 5.74) is 0.318. The summed E-state index contributed by atoms with van der Waals surface area (Å²) in [6.45, 7) is -0.363. The van der Waals surface area contributed by atoms with Crippen molar-refractivity contribution in [2.24, 2.45) is 0 Å². The summed E-state index contributed by atoms with van der Waals surface area (Å²) in [6.07, 6.45) is 0. The average Bonchev–Trinajstić information content (AvgIpc) is 2.47. The Morgan fingerprint density at radius 2 is 1.86 bits per heavy atom. The molecule has 0 aromatic heterocycles. The molecule has 0 spiro atoms. The van der Waals surface area contributed by atoms with Crippen LogP contribution in [0.4, 0.5) is 15.8 Å². The SMILES string of the molecule is O=C(COc1ccccc1F)Nc1ccc([N+](=O)[O-])cc1. The fourth-order valence-corrected chi connectivity index (χ4v) is 1.57. The third kappa shape index (κ3) is 4.00. The second-order valence-electron chi connectivity index (χ2n) is 4.07. The number of ether oxygens (including phenoxy) is 1. The molecule has 21 heavy (non-hydrogen) atoms. The van der Waals surface area contributed by atoms with E-state index in [9.17, 15) is 19.3 Å². The van der Waals surface area contributed by atoms with E-state index < -0.39 is 16.6 Å². The highest BCUT2D eigenvalue weighted by molar-refractivity contribution is 5.91. The van der Waals surface area contributed by atoms with Crippen molar-refractivity contribution in [1.29, 1.82) is 0 Å². The topological polar surface area (TPSA) is 81.5 Å². The van der Waals surface area contributed by atoms with Gasteiger partial charge in [0.05, 0.1) is 4.92 Å². The summed E-state index contributed by atoms with van der Waals surface area (Å²) >= 11 is 0. The molecule has 0 unspecified atom stereocenters. The molecule has 0 saturated heterocycles. The zero-order valence-electron chi connectivity index (χ0n) is 10.8. The lowest BCUT2D eigenvalue weighted by Gasteiger charge is -2.07. The van der Waals surface area contributed by atoms with Gasteiger partial charge >= 0.3 is 0 Å². The average molecular weight is 290 g/mol. The molecule has 2 rings (SSSR count). The summed E-state index contributed by atoms with van der Waals surface area (Å²) in [7, 11) is 0. The number of hydrogen-bond acceptors (Lipinski definition) is 4. The third-order valence-electron chi connectivity index (χ3n) is 2.56. The van der Waals surface area contributed by atoms with E-state index in [4.69, 9.17) is 4.74 Å². The van der Waals surface area contributed by atoms with Gasteiger partial charge in [0.25, 0.3) is 11.6 Å². The first kappa shape index (κ1) is 14.4. The summed E-state index contributed by atoms with van der Waals surface area (Å²) in [5, 5.41) is 13.0. The monoisotopic (exact) mass is 290 g/mol. The normalized spacial score (nSPS) is 9.95. The number of amides is 1. The molecule has 2 aromatic rings. The van der Waals surface area contributed by atoms with Crippen molar-refractivity contribution in [3.05, 3.63) is 64.5 Å². The zero-order chi connectivity index (χ0) is 15.2. The van der Waals surface area contributed by atoms with Crippen LogP contribution in [0.1, 0.15) is 0 Å². The van der Waals surface area contributed by atoms with Crippen molar-refractivity contribution in [3.63, 3.8) is 0 Å². The molecule has 0 fully saturated rings. The van der Waals surface area contributed by atoms with Crippen LogP contribution < -0.4 is 10.1 Å². The minimum Gasteiger partial charge on any atom is -0.481 e. The summed E-state index contributed by atoms with van der Waals surface area (Å²) in [6, 6.07) is 11.1. The van der Waals surface area contributed by atoms with Crippen LogP contribution in [0.3, 0.4) is 0 Å². The standard InChI is InChI=1S/C14H11FN2O4/c15-12-3-1-2-4-13(12)21-9-14(18)16-10-5-7-11(8-6-10)17(19)20/h1-8H,9H2,(H,16,18). The van der Waals surface area contributed by atoms with Crippen LogP contribution in [0.2, 0.25) is 0 Å². The number of benzene rings is 2. The van der Waals surface area contributed by atoms with Gasteiger partial charge in [0.2, 0.25) is 0 Å². The third-order valence-corrected chi connectivity index (χ3v) is 2.56. The van der Waals surface area contributed by atoms with Crippen LogP contribution in [0.15, 0.2) is 48.5 Å². The van der Waals surface area contributed by atoms with E-state index in [1.54, 1.807) is 6.07 Å². The fraction of sp³-hybridized carbons (Fsp3) is 0.0714. The van der Waals surface area contributed by atoms with Crippen LogP contribution in [0.25, 0.3) is 0 Å². The minimum atomic E-state index is -0.555. The molecule has 108 valence electrons. The number of carbonyl (C=O) groups is 1. The Kier molecular flexibility index (Phi) is 4.45. The second-order valence-corrected chi connectivity index (χ2v) is 4.07. The lowest BCUT2D eigenvalue weighted by molar-refractivity contribution is -0.384. The molecule has 0 aliphatic heterocycles. The number of rotatable bonds is 5. The van der Waals surface area contributed by atoms with Crippen LogP contribution in [-0.4, -0.2) is 17.4 Å². The maximum absolute atomic E-state index is 13.3. The summed E-state index contributed by atoms with van der Waals surface area (Å²) in [4.78, 5) is 21.6. The van der Waals surface area contributed by atoms with Crippen LogP contribution in [-0.2, 0) is 4.79 Å². The Bertz CT molecular complexity index is 658. The van der Waals surface area contributed by atoms with Gasteiger partial charge in [0.1, 0.15) is 0 Å². The fourth-order valence-electron chi connectivity index (χ4n) is 1.57. The number of nitro benzene ring substituents is 1. The van der Waals surface area contributed by atoms with Crippen LogP contribution in [0, 0.1) is 15.9 Å². The number of para-hydroxylation sites is 1. The molecule has 6 nitrogen and oxygen atoms in total. The number of nitrogens with one attached hydrogen (secondary N) is 1. The Balaban J connectivity index is 1.90. The summed E-state index contributed by atoms with van der Waals surface area (Å²) < 4.78 is 18.3. The number of carbonyl (C=O) groups excluding carboxylic acids is 1.